The highest BCUT2D eigenvalue weighted by Crippen LogP contribution is 2.21. The lowest BCUT2D eigenvalue weighted by Crippen LogP contribution is -2.38. The Labute approximate surface area is 114 Å². The van der Waals surface area contributed by atoms with Gasteiger partial charge in [-0.3, -0.25) is 0 Å². The molecule has 0 spiro atoms. The number of hydrogen-bond donors (Lipinski definition) is 1. The molecule has 110 valence electrons. The first kappa shape index (κ1) is 17.9. The fourth-order valence-corrected chi connectivity index (χ4v) is 3.29. The predicted octanol–water partition coefficient (Wildman–Crippen LogP) is 2.86. The fraction of sp³-hybridized carbons (Fsp3) is 1.00. The zero-order valence-corrected chi connectivity index (χ0v) is 13.7. The van der Waals surface area contributed by atoms with Gasteiger partial charge in [-0.05, 0) is 52.0 Å². The van der Waals surface area contributed by atoms with Gasteiger partial charge in [0, 0.05) is 6.04 Å². The van der Waals surface area contributed by atoms with Gasteiger partial charge < -0.3 is 5.32 Å². The fourth-order valence-electron chi connectivity index (χ4n) is 2.22. The lowest BCUT2D eigenvalue weighted by molar-refractivity contribution is 0.283. The number of sulfone groups is 1. The van der Waals surface area contributed by atoms with Crippen LogP contribution >= 0.6 is 0 Å². The van der Waals surface area contributed by atoms with Crippen LogP contribution in [-0.2, 0) is 9.84 Å². The molecule has 0 amide bonds. The minimum absolute atomic E-state index is 0.260. The lowest BCUT2D eigenvalue weighted by atomic mass is 9.87. The molecule has 2 atom stereocenters. The maximum absolute atomic E-state index is 11.9. The molecular formula is C14H31NO2S. The second-order valence-corrected chi connectivity index (χ2v) is 8.53. The summed E-state index contributed by atoms with van der Waals surface area (Å²) in [7, 11) is -2.91. The summed E-state index contributed by atoms with van der Waals surface area (Å²) in [6.07, 6.45) is 1.87. The smallest absolute Gasteiger partial charge is 0.152 e. The standard InChI is InChI=1S/C14H31NO2S/c1-7-9-15-13(6)14(11(2)3)8-10-18(16,17)12(4)5/h11-15H,7-10H2,1-6H3. The van der Waals surface area contributed by atoms with E-state index < -0.39 is 9.84 Å². The molecule has 0 saturated carbocycles. The second-order valence-electron chi connectivity index (χ2n) is 5.86. The van der Waals surface area contributed by atoms with Crippen LogP contribution in [-0.4, -0.2) is 32.0 Å². The van der Waals surface area contributed by atoms with E-state index in [2.05, 4.69) is 33.0 Å². The Balaban J connectivity index is 4.46. The van der Waals surface area contributed by atoms with Gasteiger partial charge in [-0.15, -0.1) is 0 Å². The third kappa shape index (κ3) is 6.19. The van der Waals surface area contributed by atoms with Gasteiger partial charge in [-0.2, -0.15) is 0 Å². The molecule has 0 aromatic rings. The summed E-state index contributed by atoms with van der Waals surface area (Å²) in [5.74, 6) is 1.24. The van der Waals surface area contributed by atoms with Crippen LogP contribution in [0.25, 0.3) is 0 Å². The van der Waals surface area contributed by atoms with Crippen molar-refractivity contribution in [2.45, 2.75) is 65.7 Å². The number of rotatable bonds is 9. The number of hydrogen-bond acceptors (Lipinski definition) is 3. The first-order valence-corrected chi connectivity index (χ1v) is 8.88. The highest BCUT2D eigenvalue weighted by molar-refractivity contribution is 7.91. The van der Waals surface area contributed by atoms with Crippen LogP contribution in [0, 0.1) is 11.8 Å². The zero-order chi connectivity index (χ0) is 14.3. The van der Waals surface area contributed by atoms with Crippen molar-refractivity contribution in [3.05, 3.63) is 0 Å². The van der Waals surface area contributed by atoms with E-state index in [-0.39, 0.29) is 5.25 Å². The van der Waals surface area contributed by atoms with E-state index in [1.165, 1.54) is 0 Å². The van der Waals surface area contributed by atoms with Crippen LogP contribution in [0.1, 0.15) is 54.4 Å². The molecule has 0 aliphatic carbocycles. The normalized spacial score (nSPS) is 16.2. The molecule has 0 heterocycles. The maximum Gasteiger partial charge on any atom is 0.152 e. The zero-order valence-electron chi connectivity index (χ0n) is 12.9. The van der Waals surface area contributed by atoms with E-state index in [9.17, 15) is 8.42 Å². The van der Waals surface area contributed by atoms with Gasteiger partial charge in [-0.25, -0.2) is 8.42 Å². The summed E-state index contributed by atoms with van der Waals surface area (Å²) < 4.78 is 23.7. The molecule has 1 N–H and O–H groups in total. The summed E-state index contributed by atoms with van der Waals surface area (Å²) in [6, 6.07) is 0.382. The van der Waals surface area contributed by atoms with E-state index in [0.717, 1.165) is 19.4 Å². The molecule has 18 heavy (non-hydrogen) atoms. The van der Waals surface area contributed by atoms with Gasteiger partial charge in [-0.1, -0.05) is 20.8 Å². The average molecular weight is 277 g/mol. The van der Waals surface area contributed by atoms with Crippen molar-refractivity contribution in [1.29, 1.82) is 0 Å². The van der Waals surface area contributed by atoms with Crippen LogP contribution in [0.3, 0.4) is 0 Å². The molecule has 0 radical (unpaired) electrons. The van der Waals surface area contributed by atoms with Crippen LogP contribution in [0.15, 0.2) is 0 Å². The van der Waals surface area contributed by atoms with Crippen LogP contribution < -0.4 is 5.32 Å². The van der Waals surface area contributed by atoms with Crippen molar-refractivity contribution in [2.24, 2.45) is 11.8 Å². The highest BCUT2D eigenvalue weighted by Gasteiger charge is 2.24. The molecule has 0 aliphatic rings. The number of nitrogens with one attached hydrogen (secondary N) is 1. The Morgan fingerprint density at radius 3 is 2.00 bits per heavy atom. The van der Waals surface area contributed by atoms with E-state index in [0.29, 0.717) is 23.6 Å². The molecule has 0 aromatic carbocycles. The van der Waals surface area contributed by atoms with Crippen LogP contribution in [0.4, 0.5) is 0 Å². The first-order chi connectivity index (χ1) is 8.22. The molecule has 0 aromatic heterocycles. The molecule has 0 saturated heterocycles. The summed E-state index contributed by atoms with van der Waals surface area (Å²) in [6.45, 7) is 13.2. The summed E-state index contributed by atoms with van der Waals surface area (Å²) in [5.41, 5.74) is 0. The maximum atomic E-state index is 11.9. The molecule has 2 unspecified atom stereocenters. The summed E-state index contributed by atoms with van der Waals surface area (Å²) in [4.78, 5) is 0. The van der Waals surface area contributed by atoms with E-state index in [1.54, 1.807) is 13.8 Å². The molecule has 3 nitrogen and oxygen atoms in total. The minimum atomic E-state index is -2.91. The largest absolute Gasteiger partial charge is 0.314 e. The minimum Gasteiger partial charge on any atom is -0.314 e. The molecule has 0 fully saturated rings. The second kappa shape index (κ2) is 8.16. The third-order valence-corrected chi connectivity index (χ3v) is 5.91. The van der Waals surface area contributed by atoms with Crippen LogP contribution in [0.5, 0.6) is 0 Å². The van der Waals surface area contributed by atoms with Gasteiger partial charge in [0.2, 0.25) is 0 Å². The Kier molecular flexibility index (Phi) is 8.11. The Hall–Kier alpha value is -0.0900. The van der Waals surface area contributed by atoms with Crippen LogP contribution in [0.2, 0.25) is 0 Å². The van der Waals surface area contributed by atoms with Crippen molar-refractivity contribution in [3.63, 3.8) is 0 Å². The monoisotopic (exact) mass is 277 g/mol. The van der Waals surface area contributed by atoms with Gasteiger partial charge in [0.25, 0.3) is 0 Å². The van der Waals surface area contributed by atoms with Crippen molar-refractivity contribution < 1.29 is 8.42 Å². The Morgan fingerprint density at radius 1 is 1.06 bits per heavy atom. The van der Waals surface area contributed by atoms with E-state index in [4.69, 9.17) is 0 Å². The van der Waals surface area contributed by atoms with Gasteiger partial charge in [0.1, 0.15) is 0 Å². The SMILES string of the molecule is CCCNC(C)C(CCS(=O)(=O)C(C)C)C(C)C. The quantitative estimate of drug-likeness (QED) is 0.705. The van der Waals surface area contributed by atoms with Crippen molar-refractivity contribution >= 4 is 9.84 Å². The average Bonchev–Trinajstić information content (AvgIpc) is 2.25. The lowest BCUT2D eigenvalue weighted by Gasteiger charge is -2.28. The highest BCUT2D eigenvalue weighted by atomic mass is 32.2. The third-order valence-electron chi connectivity index (χ3n) is 3.67. The molecular weight excluding hydrogens is 246 g/mol. The van der Waals surface area contributed by atoms with Crippen molar-refractivity contribution in [2.75, 3.05) is 12.3 Å². The molecule has 0 rings (SSSR count). The molecule has 0 aliphatic heterocycles. The van der Waals surface area contributed by atoms with Gasteiger partial charge in [0.15, 0.2) is 9.84 Å². The summed E-state index contributed by atoms with van der Waals surface area (Å²) in [5, 5.41) is 3.22. The van der Waals surface area contributed by atoms with E-state index >= 15 is 0 Å². The predicted molar refractivity (Wildman–Crippen MR) is 79.6 cm³/mol. The molecule has 4 heteroatoms. The van der Waals surface area contributed by atoms with Crippen molar-refractivity contribution in [1.82, 2.24) is 5.32 Å². The Bertz CT molecular complexity index is 310. The van der Waals surface area contributed by atoms with Gasteiger partial charge in [0.05, 0.1) is 11.0 Å². The molecule has 0 bridgehead atoms. The van der Waals surface area contributed by atoms with Crippen molar-refractivity contribution in [3.8, 4) is 0 Å². The first-order valence-electron chi connectivity index (χ1n) is 7.17. The summed E-state index contributed by atoms with van der Waals surface area (Å²) >= 11 is 0. The van der Waals surface area contributed by atoms with Gasteiger partial charge >= 0.3 is 0 Å². The topological polar surface area (TPSA) is 46.2 Å². The Morgan fingerprint density at radius 2 is 1.61 bits per heavy atom. The van der Waals surface area contributed by atoms with E-state index in [1.807, 2.05) is 0 Å².